The van der Waals surface area contributed by atoms with E-state index in [2.05, 4.69) is 0 Å². The van der Waals surface area contributed by atoms with E-state index in [9.17, 15) is 26.4 Å². The number of hydrogen-bond acceptors (Lipinski definition) is 3. The minimum absolute atomic E-state index is 0.245. The van der Waals surface area contributed by atoms with E-state index in [4.69, 9.17) is 28.3 Å². The Balaban J connectivity index is 2.93. The number of sulfonamides is 1. The smallest absolute Gasteiger partial charge is 0.329 e. The zero-order valence-corrected chi connectivity index (χ0v) is 12.3. The highest BCUT2D eigenvalue weighted by Crippen LogP contribution is 2.33. The number of hydrogen-bond donors (Lipinski definition) is 3. The monoisotopic (exact) mass is 365 g/mol. The predicted molar refractivity (Wildman–Crippen MR) is 70.9 cm³/mol. The van der Waals surface area contributed by atoms with Crippen LogP contribution in [0.1, 0.15) is 0 Å². The lowest BCUT2D eigenvalue weighted by Crippen LogP contribution is -2.36. The molecule has 12 heteroatoms. The van der Waals surface area contributed by atoms with Crippen molar-refractivity contribution in [3.63, 3.8) is 0 Å². The zero-order valence-electron chi connectivity index (χ0n) is 9.96. The fourth-order valence-electron chi connectivity index (χ4n) is 1.17. The van der Waals surface area contributed by atoms with Crippen LogP contribution in [0.3, 0.4) is 0 Å². The van der Waals surface area contributed by atoms with Crippen molar-refractivity contribution in [1.82, 2.24) is 5.32 Å². The second-order valence-corrected chi connectivity index (χ2v) is 6.11. The quantitative estimate of drug-likeness (QED) is 0.765. The number of anilines is 1. The summed E-state index contributed by atoms with van der Waals surface area (Å²) >= 11 is 11.4. The van der Waals surface area contributed by atoms with Crippen molar-refractivity contribution in [2.24, 2.45) is 5.14 Å². The molecular formula is C9H8Cl2F3N3O3S. The van der Waals surface area contributed by atoms with Gasteiger partial charge in [-0.3, -0.25) is 0 Å². The van der Waals surface area contributed by atoms with Gasteiger partial charge in [-0.25, -0.2) is 18.4 Å². The van der Waals surface area contributed by atoms with E-state index in [0.29, 0.717) is 0 Å². The number of alkyl halides is 3. The summed E-state index contributed by atoms with van der Waals surface area (Å²) in [5, 5.41) is 7.79. The summed E-state index contributed by atoms with van der Waals surface area (Å²) in [7, 11) is -4.07. The van der Waals surface area contributed by atoms with Gasteiger partial charge in [0, 0.05) is 0 Å². The third-order valence-electron chi connectivity index (χ3n) is 2.03. The van der Waals surface area contributed by atoms with Crippen LogP contribution in [0.4, 0.5) is 23.7 Å². The number of primary sulfonamides is 1. The molecule has 1 aromatic rings. The fourth-order valence-corrected chi connectivity index (χ4v) is 2.45. The molecule has 0 radical (unpaired) electrons. The number of benzene rings is 1. The Kier molecular flexibility index (Phi) is 5.31. The minimum Gasteiger partial charge on any atom is -0.329 e. The van der Waals surface area contributed by atoms with E-state index >= 15 is 0 Å². The molecule has 0 fully saturated rings. The molecule has 21 heavy (non-hydrogen) atoms. The maximum atomic E-state index is 11.9. The average Bonchev–Trinajstić information content (AvgIpc) is 2.29. The van der Waals surface area contributed by atoms with Gasteiger partial charge in [-0.2, -0.15) is 13.2 Å². The standard InChI is InChI=1S/C9H8Cl2F3N3O3S/c10-5-1-4(21(15,19)20)2-6(11)7(5)17-8(18)16-3-9(12,13)14/h1-2H,3H2,(H2,15,19,20)(H2,16,17,18). The summed E-state index contributed by atoms with van der Waals surface area (Å²) in [6, 6.07) is 0.601. The van der Waals surface area contributed by atoms with Crippen molar-refractivity contribution < 1.29 is 26.4 Å². The third kappa shape index (κ3) is 5.58. The lowest BCUT2D eigenvalue weighted by Gasteiger charge is -2.12. The van der Waals surface area contributed by atoms with E-state index in [1.54, 1.807) is 0 Å². The fraction of sp³-hybridized carbons (Fsp3) is 0.222. The Morgan fingerprint density at radius 2 is 1.71 bits per heavy atom. The number of amides is 2. The van der Waals surface area contributed by atoms with Gasteiger partial charge in [0.15, 0.2) is 0 Å². The molecule has 2 amide bonds. The Labute approximate surface area is 127 Å². The Bertz CT molecular complexity index is 641. The molecule has 0 unspecified atom stereocenters. The van der Waals surface area contributed by atoms with Crippen molar-refractivity contribution in [3.05, 3.63) is 22.2 Å². The van der Waals surface area contributed by atoms with Crippen LogP contribution in [-0.2, 0) is 10.0 Å². The Morgan fingerprint density at radius 1 is 1.24 bits per heavy atom. The molecule has 0 heterocycles. The molecule has 0 aliphatic rings. The van der Waals surface area contributed by atoms with Gasteiger partial charge in [0.1, 0.15) is 6.54 Å². The molecule has 1 aromatic carbocycles. The number of nitrogens with one attached hydrogen (secondary N) is 2. The van der Waals surface area contributed by atoms with Crippen molar-refractivity contribution in [2.75, 3.05) is 11.9 Å². The van der Waals surface area contributed by atoms with Crippen LogP contribution in [0.2, 0.25) is 10.0 Å². The molecule has 0 saturated heterocycles. The summed E-state index contributed by atoms with van der Waals surface area (Å²) in [4.78, 5) is 10.9. The van der Waals surface area contributed by atoms with Crippen LogP contribution in [-0.4, -0.2) is 27.2 Å². The molecule has 0 bridgehead atoms. The predicted octanol–water partition coefficient (Wildman–Crippen LogP) is 2.32. The van der Waals surface area contributed by atoms with Crippen LogP contribution in [0.25, 0.3) is 0 Å². The van der Waals surface area contributed by atoms with Crippen molar-refractivity contribution in [1.29, 1.82) is 0 Å². The van der Waals surface area contributed by atoms with Crippen molar-refractivity contribution in [2.45, 2.75) is 11.1 Å². The zero-order chi connectivity index (χ0) is 16.4. The number of urea groups is 1. The Hall–Kier alpha value is -1.23. The lowest BCUT2D eigenvalue weighted by atomic mass is 10.3. The molecule has 0 spiro atoms. The first-order valence-electron chi connectivity index (χ1n) is 5.03. The molecule has 1 rings (SSSR count). The number of carbonyl (C=O) groups is 1. The highest BCUT2D eigenvalue weighted by atomic mass is 35.5. The van der Waals surface area contributed by atoms with Crippen LogP contribution < -0.4 is 15.8 Å². The molecule has 0 aliphatic carbocycles. The number of carbonyl (C=O) groups excluding carboxylic acids is 1. The van der Waals surface area contributed by atoms with Crippen molar-refractivity contribution >= 4 is 44.9 Å². The highest BCUT2D eigenvalue weighted by Gasteiger charge is 2.28. The van der Waals surface area contributed by atoms with Crippen LogP contribution in [0.5, 0.6) is 0 Å². The van der Waals surface area contributed by atoms with Crippen LogP contribution in [0.15, 0.2) is 17.0 Å². The van der Waals surface area contributed by atoms with Gasteiger partial charge < -0.3 is 10.6 Å². The van der Waals surface area contributed by atoms with E-state index in [0.717, 1.165) is 12.1 Å². The van der Waals surface area contributed by atoms with Gasteiger partial charge >= 0.3 is 12.2 Å². The largest absolute Gasteiger partial charge is 0.405 e. The topological polar surface area (TPSA) is 101 Å². The number of halogens is 5. The van der Waals surface area contributed by atoms with Gasteiger partial charge in [0.2, 0.25) is 10.0 Å². The normalized spacial score (nSPS) is 12.1. The maximum Gasteiger partial charge on any atom is 0.405 e. The molecule has 6 nitrogen and oxygen atoms in total. The molecule has 118 valence electrons. The van der Waals surface area contributed by atoms with Crippen molar-refractivity contribution in [3.8, 4) is 0 Å². The first-order chi connectivity index (χ1) is 9.40. The summed E-state index contributed by atoms with van der Waals surface area (Å²) in [6.45, 7) is -1.55. The van der Waals surface area contributed by atoms with E-state index in [-0.39, 0.29) is 15.7 Å². The molecular weight excluding hydrogens is 358 g/mol. The first-order valence-corrected chi connectivity index (χ1v) is 7.34. The molecule has 0 aromatic heterocycles. The Morgan fingerprint density at radius 3 is 2.10 bits per heavy atom. The van der Waals surface area contributed by atoms with Gasteiger partial charge in [0.25, 0.3) is 0 Å². The second kappa shape index (κ2) is 6.26. The lowest BCUT2D eigenvalue weighted by molar-refractivity contribution is -0.122. The average molecular weight is 366 g/mol. The van der Waals surface area contributed by atoms with Gasteiger partial charge in [-0.15, -0.1) is 0 Å². The van der Waals surface area contributed by atoms with Gasteiger partial charge in [0.05, 0.1) is 20.6 Å². The van der Waals surface area contributed by atoms with E-state index in [1.165, 1.54) is 5.32 Å². The summed E-state index contributed by atoms with van der Waals surface area (Å²) in [6.07, 6.45) is -4.58. The number of rotatable bonds is 3. The summed E-state index contributed by atoms with van der Waals surface area (Å²) in [5.41, 5.74) is -0.245. The van der Waals surface area contributed by atoms with Crippen LogP contribution in [0, 0.1) is 0 Å². The minimum atomic E-state index is -4.58. The summed E-state index contributed by atoms with van der Waals surface area (Å²) in [5.74, 6) is 0. The number of nitrogens with two attached hydrogens (primary N) is 1. The van der Waals surface area contributed by atoms with Crippen LogP contribution >= 0.6 is 23.2 Å². The molecule has 0 saturated carbocycles. The van der Waals surface area contributed by atoms with E-state index in [1.807, 2.05) is 5.32 Å². The summed E-state index contributed by atoms with van der Waals surface area (Å²) < 4.78 is 58.0. The molecule has 4 N–H and O–H groups in total. The third-order valence-corrected chi connectivity index (χ3v) is 3.52. The van der Waals surface area contributed by atoms with Gasteiger partial charge in [-0.05, 0) is 12.1 Å². The molecule has 0 aliphatic heterocycles. The second-order valence-electron chi connectivity index (χ2n) is 3.73. The molecule has 0 atom stereocenters. The highest BCUT2D eigenvalue weighted by molar-refractivity contribution is 7.89. The maximum absolute atomic E-state index is 11.9. The SMILES string of the molecule is NS(=O)(=O)c1cc(Cl)c(NC(=O)NCC(F)(F)F)c(Cl)c1. The first kappa shape index (κ1) is 17.8. The van der Waals surface area contributed by atoms with E-state index < -0.39 is 33.7 Å². The van der Waals surface area contributed by atoms with Gasteiger partial charge in [-0.1, -0.05) is 23.2 Å².